The number of ether oxygens (including phenoxy) is 1. The van der Waals surface area contributed by atoms with E-state index in [9.17, 15) is 4.79 Å². The normalized spacial score (nSPS) is 18.3. The third-order valence-corrected chi connectivity index (χ3v) is 3.67. The second-order valence-corrected chi connectivity index (χ2v) is 5.39. The summed E-state index contributed by atoms with van der Waals surface area (Å²) in [6, 6.07) is 10.4. The molecule has 2 aromatic rings. The topological polar surface area (TPSA) is 124 Å². The van der Waals surface area contributed by atoms with Crippen molar-refractivity contribution < 1.29 is 9.53 Å². The average Bonchev–Trinajstić information content (AvgIpc) is 2.82. The summed E-state index contributed by atoms with van der Waals surface area (Å²) in [5, 5.41) is 14.5. The Kier molecular flexibility index (Phi) is 3.67. The number of para-hydroxylation sites is 1. The Balaban J connectivity index is 2.05. The Morgan fingerprint density at radius 2 is 2.08 bits per heavy atom. The molecule has 0 radical (unpaired) electrons. The Bertz CT molecular complexity index is 889. The Morgan fingerprint density at radius 3 is 2.75 bits per heavy atom. The lowest BCUT2D eigenvalue weighted by molar-refractivity contribution is -0.125. The van der Waals surface area contributed by atoms with Crippen LogP contribution >= 0.6 is 0 Å². The van der Waals surface area contributed by atoms with Gasteiger partial charge in [0.15, 0.2) is 0 Å². The number of aromatic nitrogens is 1. The molecule has 0 fully saturated rings. The lowest BCUT2D eigenvalue weighted by atomic mass is 9.99. The maximum absolute atomic E-state index is 12.7. The van der Waals surface area contributed by atoms with Gasteiger partial charge in [-0.3, -0.25) is 10.2 Å². The van der Waals surface area contributed by atoms with Crippen molar-refractivity contribution in [3.05, 3.63) is 63.7 Å². The van der Waals surface area contributed by atoms with Gasteiger partial charge in [0.05, 0.1) is 5.56 Å². The summed E-state index contributed by atoms with van der Waals surface area (Å²) in [6.45, 7) is 3.56. The quantitative estimate of drug-likeness (QED) is 0.512. The van der Waals surface area contributed by atoms with E-state index in [0.29, 0.717) is 16.9 Å². The molecule has 0 saturated carbocycles. The maximum Gasteiger partial charge on any atom is 0.308 e. The van der Waals surface area contributed by atoms with Crippen LogP contribution in [-0.2, 0) is 4.79 Å². The highest BCUT2D eigenvalue weighted by Gasteiger charge is 2.52. The Labute approximate surface area is 137 Å². The highest BCUT2D eigenvalue weighted by atomic mass is 16.5. The number of hydrogen-bond acceptors (Lipinski definition) is 5. The Hall–Kier alpha value is -3.38. The number of rotatable bonds is 3. The van der Waals surface area contributed by atoms with E-state index in [2.05, 4.69) is 20.3 Å². The number of fused-ring (bicyclic) bond motifs is 1. The van der Waals surface area contributed by atoms with Crippen LogP contribution < -0.4 is 10.1 Å². The minimum atomic E-state index is -2.11. The van der Waals surface area contributed by atoms with Crippen molar-refractivity contribution in [1.29, 1.82) is 5.41 Å². The Morgan fingerprint density at radius 1 is 1.38 bits per heavy atom. The molecule has 3 rings (SSSR count). The molecule has 8 nitrogen and oxygen atoms in total. The SMILES string of the molecule is Cc1cc(C)c2c(n1)OC(N=[N+]=[N-])(C(=O)Nc1ccccc1)C2=N. The number of carbonyl (C=O) groups excluding carboxylic acids is 1. The van der Waals surface area contributed by atoms with E-state index in [0.717, 1.165) is 5.56 Å². The van der Waals surface area contributed by atoms with Gasteiger partial charge in [-0.1, -0.05) is 18.2 Å². The molecule has 8 heteroatoms. The van der Waals surface area contributed by atoms with E-state index < -0.39 is 11.6 Å². The van der Waals surface area contributed by atoms with Crippen LogP contribution in [0.2, 0.25) is 0 Å². The molecule has 1 unspecified atom stereocenters. The van der Waals surface area contributed by atoms with E-state index in [1.165, 1.54) is 0 Å². The van der Waals surface area contributed by atoms with Gasteiger partial charge in [0.25, 0.3) is 5.91 Å². The highest BCUT2D eigenvalue weighted by molar-refractivity contribution is 6.24. The van der Waals surface area contributed by atoms with Crippen LogP contribution in [0.25, 0.3) is 10.4 Å². The first-order valence-electron chi connectivity index (χ1n) is 7.17. The number of amides is 1. The van der Waals surface area contributed by atoms with Gasteiger partial charge in [0.1, 0.15) is 5.71 Å². The lowest BCUT2D eigenvalue weighted by Crippen LogP contribution is -2.49. The summed E-state index contributed by atoms with van der Waals surface area (Å²) in [5.74, 6) is -0.625. The molecule has 120 valence electrons. The monoisotopic (exact) mass is 322 g/mol. The highest BCUT2D eigenvalue weighted by Crippen LogP contribution is 2.37. The first-order chi connectivity index (χ1) is 11.5. The fourth-order valence-electron chi connectivity index (χ4n) is 2.62. The first kappa shape index (κ1) is 15.5. The summed E-state index contributed by atoms with van der Waals surface area (Å²) < 4.78 is 5.57. The molecule has 1 aromatic heterocycles. The van der Waals surface area contributed by atoms with Gasteiger partial charge in [0.2, 0.25) is 5.88 Å². The molecule has 1 amide bonds. The third-order valence-electron chi connectivity index (χ3n) is 3.67. The molecule has 1 aromatic carbocycles. The number of nitrogens with one attached hydrogen (secondary N) is 2. The van der Waals surface area contributed by atoms with Crippen molar-refractivity contribution in [3.63, 3.8) is 0 Å². The fraction of sp³-hybridized carbons (Fsp3) is 0.188. The van der Waals surface area contributed by atoms with Crippen molar-refractivity contribution in [1.82, 2.24) is 4.98 Å². The number of hydrogen-bond donors (Lipinski definition) is 2. The molecule has 2 heterocycles. The first-order valence-corrected chi connectivity index (χ1v) is 7.17. The molecule has 1 aliphatic rings. The van der Waals surface area contributed by atoms with E-state index in [4.69, 9.17) is 15.7 Å². The number of carbonyl (C=O) groups is 1. The molecular formula is C16H14N6O2. The average molecular weight is 322 g/mol. The summed E-state index contributed by atoms with van der Waals surface area (Å²) >= 11 is 0. The van der Waals surface area contributed by atoms with Gasteiger partial charge in [0, 0.05) is 16.3 Å². The lowest BCUT2D eigenvalue weighted by Gasteiger charge is -2.21. The van der Waals surface area contributed by atoms with Crippen LogP contribution in [0.5, 0.6) is 5.88 Å². The molecule has 1 atom stereocenters. The van der Waals surface area contributed by atoms with Gasteiger partial charge >= 0.3 is 5.72 Å². The van der Waals surface area contributed by atoms with Gasteiger partial charge in [-0.2, -0.15) is 0 Å². The fourth-order valence-corrected chi connectivity index (χ4v) is 2.62. The van der Waals surface area contributed by atoms with E-state index in [-0.39, 0.29) is 11.6 Å². The second kappa shape index (κ2) is 5.68. The molecule has 0 spiro atoms. The number of benzene rings is 1. The van der Waals surface area contributed by atoms with Crippen LogP contribution in [0.4, 0.5) is 5.69 Å². The zero-order chi connectivity index (χ0) is 17.3. The van der Waals surface area contributed by atoms with Gasteiger partial charge in [-0.05, 0) is 48.3 Å². The summed E-state index contributed by atoms with van der Waals surface area (Å²) in [4.78, 5) is 19.6. The molecule has 24 heavy (non-hydrogen) atoms. The van der Waals surface area contributed by atoms with Gasteiger partial charge in [-0.25, -0.2) is 4.98 Å². The molecule has 0 saturated heterocycles. The number of anilines is 1. The predicted octanol–water partition coefficient (Wildman–Crippen LogP) is 3.10. The number of pyridine rings is 1. The second-order valence-electron chi connectivity index (χ2n) is 5.39. The molecular weight excluding hydrogens is 308 g/mol. The van der Waals surface area contributed by atoms with E-state index >= 15 is 0 Å². The summed E-state index contributed by atoms with van der Waals surface area (Å²) in [5.41, 5.74) is 8.85. The largest absolute Gasteiger partial charge is 0.447 e. The van der Waals surface area contributed by atoms with Crippen molar-refractivity contribution >= 4 is 17.3 Å². The van der Waals surface area contributed by atoms with Crippen molar-refractivity contribution in [2.45, 2.75) is 19.6 Å². The van der Waals surface area contributed by atoms with Crippen molar-refractivity contribution in [3.8, 4) is 5.88 Å². The molecule has 0 aliphatic carbocycles. The van der Waals surface area contributed by atoms with E-state index in [1.807, 2.05) is 0 Å². The van der Waals surface area contributed by atoms with Crippen LogP contribution in [-0.4, -0.2) is 22.3 Å². The standard InChI is InChI=1S/C16H14N6O2/c1-9-8-10(2)19-14-12(9)13(17)16(24-14,21-22-18)15(23)20-11-6-4-3-5-7-11/h3-8,17H,1-2H3,(H,20,23). The van der Waals surface area contributed by atoms with Gasteiger partial charge in [-0.15, -0.1) is 0 Å². The van der Waals surface area contributed by atoms with E-state index in [1.54, 1.807) is 50.2 Å². The summed E-state index contributed by atoms with van der Waals surface area (Å²) in [6.07, 6.45) is 0. The smallest absolute Gasteiger partial charge is 0.308 e. The number of azide groups is 1. The van der Waals surface area contributed by atoms with Crippen molar-refractivity contribution in [2.24, 2.45) is 5.11 Å². The van der Waals surface area contributed by atoms with Crippen LogP contribution in [0.1, 0.15) is 16.8 Å². The molecule has 0 bridgehead atoms. The van der Waals surface area contributed by atoms with Crippen LogP contribution in [0.3, 0.4) is 0 Å². The van der Waals surface area contributed by atoms with Crippen molar-refractivity contribution in [2.75, 3.05) is 5.32 Å². The minimum Gasteiger partial charge on any atom is -0.447 e. The minimum absolute atomic E-state index is 0.119. The number of aryl methyl sites for hydroxylation is 2. The van der Waals surface area contributed by atoms with Crippen LogP contribution in [0, 0.1) is 19.3 Å². The summed E-state index contributed by atoms with van der Waals surface area (Å²) in [7, 11) is 0. The maximum atomic E-state index is 12.7. The molecule has 2 N–H and O–H groups in total. The number of nitrogens with zero attached hydrogens (tertiary/aromatic N) is 4. The zero-order valence-electron chi connectivity index (χ0n) is 13.1. The van der Waals surface area contributed by atoms with Crippen LogP contribution in [0.15, 0.2) is 41.5 Å². The third kappa shape index (κ3) is 2.35. The zero-order valence-corrected chi connectivity index (χ0v) is 13.1. The molecule has 1 aliphatic heterocycles. The predicted molar refractivity (Wildman–Crippen MR) is 88.1 cm³/mol. The van der Waals surface area contributed by atoms with Gasteiger partial charge < -0.3 is 10.1 Å².